The van der Waals surface area contributed by atoms with Crippen LogP contribution < -0.4 is 14.4 Å². The molecule has 1 aliphatic rings. The highest BCUT2D eigenvalue weighted by atomic mass is 79.9. The number of sulfonamides is 1. The minimum Gasteiger partial charge on any atom is -0.495 e. The number of benzene rings is 3. The van der Waals surface area contributed by atoms with E-state index in [0.29, 0.717) is 5.75 Å². The lowest BCUT2D eigenvalue weighted by atomic mass is 10.1. The zero-order chi connectivity index (χ0) is 30.4. The standard InChI is InChI=1S/C32H38BrN3O5S/c1-22-9-16-28(17-10-22)42(39,40)36(29-19-23(2)11-18-30(29)41-4)21-31(37)35(20-25-12-14-26(33)15-13-25)24(3)32(38)34-27-7-5-6-8-27/h9-19,24,27H,5-8,20-21H2,1-4H3,(H,34,38)/t24-/m1/s1. The average molecular weight is 657 g/mol. The molecule has 42 heavy (non-hydrogen) atoms. The Morgan fingerprint density at radius 2 is 1.60 bits per heavy atom. The molecule has 0 unspecified atom stereocenters. The molecular weight excluding hydrogens is 618 g/mol. The summed E-state index contributed by atoms with van der Waals surface area (Å²) in [6.45, 7) is 5.02. The van der Waals surface area contributed by atoms with Crippen LogP contribution in [0.2, 0.25) is 0 Å². The summed E-state index contributed by atoms with van der Waals surface area (Å²) in [7, 11) is -2.73. The molecular formula is C32H38BrN3O5S. The SMILES string of the molecule is COc1ccc(C)cc1N(CC(=O)N(Cc1ccc(Br)cc1)[C@H](C)C(=O)NC1CCCC1)S(=O)(=O)c1ccc(C)cc1. The second-order valence-electron chi connectivity index (χ2n) is 10.8. The van der Waals surface area contributed by atoms with Crippen molar-refractivity contribution in [1.82, 2.24) is 10.2 Å². The average Bonchev–Trinajstić information content (AvgIpc) is 3.48. The van der Waals surface area contributed by atoms with Crippen LogP contribution in [-0.4, -0.2) is 50.9 Å². The van der Waals surface area contributed by atoms with Gasteiger partial charge in [0.1, 0.15) is 18.3 Å². The minimum absolute atomic E-state index is 0.0518. The number of ether oxygens (including phenoxy) is 1. The van der Waals surface area contributed by atoms with Crippen molar-refractivity contribution < 1.29 is 22.7 Å². The topological polar surface area (TPSA) is 96.0 Å². The Morgan fingerprint density at radius 3 is 2.21 bits per heavy atom. The number of methoxy groups -OCH3 is 1. The Balaban J connectivity index is 1.73. The van der Waals surface area contributed by atoms with Crippen LogP contribution in [0.5, 0.6) is 5.75 Å². The zero-order valence-electron chi connectivity index (χ0n) is 24.5. The number of hydrogen-bond donors (Lipinski definition) is 1. The maximum Gasteiger partial charge on any atom is 0.264 e. The molecule has 4 rings (SSSR count). The molecule has 1 saturated carbocycles. The van der Waals surface area contributed by atoms with Crippen LogP contribution in [-0.2, 0) is 26.2 Å². The molecule has 0 spiro atoms. The van der Waals surface area contributed by atoms with Gasteiger partial charge in [0.05, 0.1) is 17.7 Å². The largest absolute Gasteiger partial charge is 0.495 e. The number of rotatable bonds is 11. The summed E-state index contributed by atoms with van der Waals surface area (Å²) in [4.78, 5) is 29.1. The molecule has 3 aromatic rings. The summed E-state index contributed by atoms with van der Waals surface area (Å²) < 4.78 is 35.8. The van der Waals surface area contributed by atoms with Gasteiger partial charge in [0.2, 0.25) is 11.8 Å². The lowest BCUT2D eigenvalue weighted by Crippen LogP contribution is -2.52. The van der Waals surface area contributed by atoms with E-state index >= 15 is 0 Å². The second-order valence-corrected chi connectivity index (χ2v) is 13.6. The molecule has 3 aromatic carbocycles. The number of nitrogens with one attached hydrogen (secondary N) is 1. The Kier molecular flexibility index (Phi) is 10.3. The van der Waals surface area contributed by atoms with E-state index in [0.717, 1.165) is 51.2 Å². The van der Waals surface area contributed by atoms with Crippen molar-refractivity contribution in [3.05, 3.63) is 87.9 Å². The first kappa shape index (κ1) is 31.6. The van der Waals surface area contributed by atoms with E-state index in [-0.39, 0.29) is 29.1 Å². The number of anilines is 1. The zero-order valence-corrected chi connectivity index (χ0v) is 26.9. The smallest absolute Gasteiger partial charge is 0.264 e. The quantitative estimate of drug-likeness (QED) is 0.284. The third-order valence-corrected chi connectivity index (χ3v) is 9.93. The fourth-order valence-corrected chi connectivity index (χ4v) is 6.79. The minimum atomic E-state index is -4.19. The van der Waals surface area contributed by atoms with E-state index in [2.05, 4.69) is 21.2 Å². The van der Waals surface area contributed by atoms with Crippen LogP contribution in [0, 0.1) is 13.8 Å². The van der Waals surface area contributed by atoms with Crippen molar-refractivity contribution in [3.63, 3.8) is 0 Å². The third-order valence-electron chi connectivity index (χ3n) is 7.63. The number of amides is 2. The van der Waals surface area contributed by atoms with Gasteiger partial charge in [0, 0.05) is 17.1 Å². The Labute approximate surface area is 257 Å². The number of hydrogen-bond acceptors (Lipinski definition) is 5. The first-order valence-corrected chi connectivity index (χ1v) is 16.3. The summed E-state index contributed by atoms with van der Waals surface area (Å²) in [5.41, 5.74) is 2.78. The molecule has 1 N–H and O–H groups in total. The molecule has 0 saturated heterocycles. The molecule has 0 aromatic heterocycles. The highest BCUT2D eigenvalue weighted by Crippen LogP contribution is 2.34. The van der Waals surface area contributed by atoms with Crippen molar-refractivity contribution in [2.75, 3.05) is 18.0 Å². The molecule has 0 bridgehead atoms. The van der Waals surface area contributed by atoms with Gasteiger partial charge in [-0.2, -0.15) is 0 Å². The van der Waals surface area contributed by atoms with Gasteiger partial charge in [-0.05, 0) is 81.1 Å². The molecule has 10 heteroatoms. The van der Waals surface area contributed by atoms with E-state index in [4.69, 9.17) is 4.74 Å². The molecule has 0 aliphatic heterocycles. The fraction of sp³-hybridized carbons (Fsp3) is 0.375. The van der Waals surface area contributed by atoms with Crippen LogP contribution >= 0.6 is 15.9 Å². The van der Waals surface area contributed by atoms with Crippen molar-refractivity contribution >= 4 is 43.5 Å². The van der Waals surface area contributed by atoms with Gasteiger partial charge in [-0.15, -0.1) is 0 Å². The summed E-state index contributed by atoms with van der Waals surface area (Å²) in [6.07, 6.45) is 3.94. The molecule has 0 heterocycles. The predicted molar refractivity (Wildman–Crippen MR) is 168 cm³/mol. The van der Waals surface area contributed by atoms with Gasteiger partial charge in [-0.25, -0.2) is 8.42 Å². The van der Waals surface area contributed by atoms with Crippen LogP contribution in [0.1, 0.15) is 49.3 Å². The number of halogens is 1. The number of nitrogens with zero attached hydrogens (tertiary/aromatic N) is 2. The number of carbonyl (C=O) groups is 2. The van der Waals surface area contributed by atoms with Gasteiger partial charge in [0.15, 0.2) is 0 Å². The Morgan fingerprint density at radius 1 is 0.976 bits per heavy atom. The molecule has 1 atom stereocenters. The van der Waals surface area contributed by atoms with Gasteiger partial charge >= 0.3 is 0 Å². The van der Waals surface area contributed by atoms with Crippen molar-refractivity contribution in [3.8, 4) is 5.75 Å². The summed E-state index contributed by atoms with van der Waals surface area (Å²) in [5.74, 6) is -0.449. The van der Waals surface area contributed by atoms with E-state index in [1.165, 1.54) is 24.1 Å². The van der Waals surface area contributed by atoms with Gasteiger partial charge < -0.3 is 15.0 Å². The maximum atomic E-state index is 14.2. The first-order chi connectivity index (χ1) is 20.0. The van der Waals surface area contributed by atoms with Gasteiger partial charge in [-0.1, -0.05) is 64.7 Å². The fourth-order valence-electron chi connectivity index (χ4n) is 5.11. The number of aryl methyl sites for hydroxylation is 2. The summed E-state index contributed by atoms with van der Waals surface area (Å²) in [5, 5.41) is 3.09. The van der Waals surface area contributed by atoms with E-state index in [9.17, 15) is 18.0 Å². The van der Waals surface area contributed by atoms with E-state index in [1.807, 2.05) is 44.2 Å². The molecule has 2 amide bonds. The van der Waals surface area contributed by atoms with E-state index < -0.39 is 28.5 Å². The highest BCUT2D eigenvalue weighted by molar-refractivity contribution is 9.10. The first-order valence-electron chi connectivity index (χ1n) is 14.1. The normalized spacial score (nSPS) is 14.3. The summed E-state index contributed by atoms with van der Waals surface area (Å²) in [6, 6.07) is 18.4. The van der Waals surface area contributed by atoms with Crippen LogP contribution in [0.4, 0.5) is 5.69 Å². The van der Waals surface area contributed by atoms with Crippen LogP contribution in [0.25, 0.3) is 0 Å². The van der Waals surface area contributed by atoms with Crippen molar-refractivity contribution in [2.45, 2.75) is 70.0 Å². The lowest BCUT2D eigenvalue weighted by Gasteiger charge is -2.33. The summed E-state index contributed by atoms with van der Waals surface area (Å²) >= 11 is 3.44. The Hall–Kier alpha value is -3.37. The van der Waals surface area contributed by atoms with Gasteiger partial charge in [0.25, 0.3) is 10.0 Å². The molecule has 8 nitrogen and oxygen atoms in total. The van der Waals surface area contributed by atoms with Crippen LogP contribution in [0.3, 0.4) is 0 Å². The maximum absolute atomic E-state index is 14.2. The Bertz CT molecular complexity index is 1500. The molecule has 1 fully saturated rings. The highest BCUT2D eigenvalue weighted by Gasteiger charge is 2.34. The predicted octanol–water partition coefficient (Wildman–Crippen LogP) is 5.75. The van der Waals surface area contributed by atoms with Crippen molar-refractivity contribution in [1.29, 1.82) is 0 Å². The second kappa shape index (κ2) is 13.7. The van der Waals surface area contributed by atoms with Crippen molar-refractivity contribution in [2.24, 2.45) is 0 Å². The number of carbonyl (C=O) groups excluding carboxylic acids is 2. The third kappa shape index (κ3) is 7.52. The van der Waals surface area contributed by atoms with Crippen LogP contribution in [0.15, 0.2) is 76.1 Å². The molecule has 224 valence electrons. The monoisotopic (exact) mass is 655 g/mol. The molecule has 1 aliphatic carbocycles. The van der Waals surface area contributed by atoms with Gasteiger partial charge in [-0.3, -0.25) is 13.9 Å². The van der Waals surface area contributed by atoms with E-state index in [1.54, 1.807) is 31.2 Å². The molecule has 0 radical (unpaired) electrons. The lowest BCUT2D eigenvalue weighted by molar-refractivity contribution is -0.139.